The van der Waals surface area contributed by atoms with E-state index in [1.165, 1.54) is 19.2 Å². The number of halogens is 1. The van der Waals surface area contributed by atoms with Gasteiger partial charge in [0.1, 0.15) is 17.7 Å². The lowest BCUT2D eigenvalue weighted by molar-refractivity contribution is 0.242. The molecule has 20 heavy (non-hydrogen) atoms. The van der Waals surface area contributed by atoms with Crippen molar-refractivity contribution in [2.45, 2.75) is 12.5 Å². The summed E-state index contributed by atoms with van der Waals surface area (Å²) in [5, 5.41) is 7.93. The molecule has 0 fully saturated rings. The number of aromatic nitrogens is 2. The monoisotopic (exact) mass is 275 g/mol. The Morgan fingerprint density at radius 3 is 2.90 bits per heavy atom. The van der Waals surface area contributed by atoms with Crippen molar-refractivity contribution < 1.29 is 13.9 Å². The van der Waals surface area contributed by atoms with Gasteiger partial charge in [0.25, 0.3) is 0 Å². The molecule has 0 amide bonds. The zero-order chi connectivity index (χ0) is 14.1. The average Bonchev–Trinajstić information content (AvgIpc) is 2.89. The molecule has 0 aliphatic carbocycles. The van der Waals surface area contributed by atoms with Crippen LogP contribution >= 0.6 is 0 Å². The molecule has 0 radical (unpaired) electrons. The van der Waals surface area contributed by atoms with E-state index < -0.39 is 0 Å². The predicted molar refractivity (Wildman–Crippen MR) is 71.2 cm³/mol. The van der Waals surface area contributed by atoms with E-state index in [4.69, 9.17) is 15.2 Å². The number of rotatable bonds is 3. The molecule has 0 bridgehead atoms. The van der Waals surface area contributed by atoms with E-state index in [-0.39, 0.29) is 11.9 Å². The average molecular weight is 275 g/mol. The highest BCUT2D eigenvalue weighted by molar-refractivity contribution is 5.70. The van der Waals surface area contributed by atoms with E-state index >= 15 is 0 Å². The van der Waals surface area contributed by atoms with Crippen LogP contribution < -0.4 is 15.2 Å². The number of fused-ring (bicyclic) bond motifs is 1. The predicted octanol–water partition coefficient (Wildman–Crippen LogP) is 1.55. The molecule has 0 saturated carbocycles. The van der Waals surface area contributed by atoms with Gasteiger partial charge in [0.2, 0.25) is 5.88 Å². The first-order valence-corrected chi connectivity index (χ1v) is 6.28. The van der Waals surface area contributed by atoms with Gasteiger partial charge in [-0.25, -0.2) is 4.39 Å². The first-order chi connectivity index (χ1) is 9.71. The van der Waals surface area contributed by atoms with Crippen molar-refractivity contribution in [3.63, 3.8) is 0 Å². The Kier molecular flexibility index (Phi) is 3.23. The normalized spacial score (nSPS) is 16.6. The van der Waals surface area contributed by atoms with Crippen molar-refractivity contribution in [3.05, 3.63) is 35.6 Å². The Morgan fingerprint density at radius 2 is 2.25 bits per heavy atom. The van der Waals surface area contributed by atoms with Crippen molar-refractivity contribution in [2.75, 3.05) is 13.7 Å². The van der Waals surface area contributed by atoms with Gasteiger partial charge in [-0.1, -0.05) is 0 Å². The second-order valence-corrected chi connectivity index (χ2v) is 4.58. The summed E-state index contributed by atoms with van der Waals surface area (Å²) in [6, 6.07) is 6.27. The zero-order valence-corrected chi connectivity index (χ0v) is 11.0. The Balaban J connectivity index is 2.05. The van der Waals surface area contributed by atoms with Gasteiger partial charge in [-0.3, -0.25) is 0 Å². The number of hydrogen-bond donors (Lipinski definition) is 1. The third-order valence-corrected chi connectivity index (χ3v) is 3.25. The lowest BCUT2D eigenvalue weighted by Crippen LogP contribution is -2.24. The van der Waals surface area contributed by atoms with Gasteiger partial charge < -0.3 is 15.2 Å². The van der Waals surface area contributed by atoms with E-state index in [1.54, 1.807) is 12.1 Å². The molecule has 5 nitrogen and oxygen atoms in total. The molecule has 104 valence electrons. The summed E-state index contributed by atoms with van der Waals surface area (Å²) in [4.78, 5) is 0. The minimum absolute atomic E-state index is 0.114. The molecule has 0 unspecified atom stereocenters. The van der Waals surface area contributed by atoms with Gasteiger partial charge in [-0.05, 0) is 18.2 Å². The zero-order valence-electron chi connectivity index (χ0n) is 11.0. The highest BCUT2D eigenvalue weighted by atomic mass is 19.1. The molecule has 1 aromatic heterocycles. The molecule has 1 aromatic carbocycles. The van der Waals surface area contributed by atoms with Crippen LogP contribution in [0.3, 0.4) is 0 Å². The smallest absolute Gasteiger partial charge is 0.233 e. The second-order valence-electron chi connectivity index (χ2n) is 4.58. The van der Waals surface area contributed by atoms with E-state index in [1.807, 2.05) is 0 Å². The fourth-order valence-corrected chi connectivity index (χ4v) is 2.29. The van der Waals surface area contributed by atoms with Crippen molar-refractivity contribution in [1.82, 2.24) is 10.2 Å². The van der Waals surface area contributed by atoms with E-state index in [0.717, 1.165) is 5.56 Å². The van der Waals surface area contributed by atoms with Gasteiger partial charge in [0.15, 0.2) is 0 Å². The lowest BCUT2D eigenvalue weighted by Gasteiger charge is -2.10. The number of nitrogens with zero attached hydrogens (tertiary/aromatic N) is 2. The topological polar surface area (TPSA) is 70.3 Å². The van der Waals surface area contributed by atoms with Crippen LogP contribution in [0, 0.1) is 5.82 Å². The fraction of sp³-hybridized carbons (Fsp3) is 0.286. The van der Waals surface area contributed by atoms with Gasteiger partial charge in [0, 0.05) is 30.2 Å². The number of ether oxygens (including phenoxy) is 2. The number of methoxy groups -OCH3 is 1. The summed E-state index contributed by atoms with van der Waals surface area (Å²) in [5.74, 6) is 0.724. The summed E-state index contributed by atoms with van der Waals surface area (Å²) >= 11 is 0. The maximum absolute atomic E-state index is 13.7. The van der Waals surface area contributed by atoms with Crippen LogP contribution in [-0.4, -0.2) is 30.0 Å². The molecule has 2 aromatic rings. The Labute approximate surface area is 115 Å². The van der Waals surface area contributed by atoms with E-state index in [9.17, 15) is 4.39 Å². The van der Waals surface area contributed by atoms with Crippen LogP contribution in [0.4, 0.5) is 4.39 Å². The maximum atomic E-state index is 13.7. The van der Waals surface area contributed by atoms with Crippen molar-refractivity contribution >= 4 is 0 Å². The minimum atomic E-state index is -0.322. The maximum Gasteiger partial charge on any atom is 0.233 e. The van der Waals surface area contributed by atoms with Gasteiger partial charge in [-0.15, -0.1) is 10.2 Å². The quantitative estimate of drug-likeness (QED) is 0.920. The van der Waals surface area contributed by atoms with Crippen LogP contribution in [0.2, 0.25) is 0 Å². The molecule has 2 N–H and O–H groups in total. The Hall–Kier alpha value is -2.21. The second kappa shape index (κ2) is 5.05. The highest BCUT2D eigenvalue weighted by Crippen LogP contribution is 2.38. The van der Waals surface area contributed by atoms with Crippen LogP contribution in [0.1, 0.15) is 5.56 Å². The molecular formula is C14H14FN3O2. The van der Waals surface area contributed by atoms with Gasteiger partial charge >= 0.3 is 0 Å². The standard InChI is InChI=1S/C14H14FN3O2/c1-19-13-3-2-12(17-18-13)11-6-9(15)4-8-5-10(7-16)20-14(8)11/h2-4,6,10H,5,7,16H2,1H3/t10-/m1/s1. The molecule has 2 heterocycles. The van der Waals surface area contributed by atoms with Crippen LogP contribution in [-0.2, 0) is 6.42 Å². The minimum Gasteiger partial charge on any atom is -0.488 e. The Morgan fingerprint density at radius 1 is 1.40 bits per heavy atom. The molecule has 0 saturated heterocycles. The molecule has 0 spiro atoms. The molecule has 1 atom stereocenters. The molecule has 6 heteroatoms. The van der Waals surface area contributed by atoms with Crippen LogP contribution in [0.25, 0.3) is 11.3 Å². The first-order valence-electron chi connectivity index (χ1n) is 6.28. The third-order valence-electron chi connectivity index (χ3n) is 3.25. The molecule has 1 aliphatic heterocycles. The fourth-order valence-electron chi connectivity index (χ4n) is 2.29. The summed E-state index contributed by atoms with van der Waals surface area (Å²) in [5.41, 5.74) is 7.56. The summed E-state index contributed by atoms with van der Waals surface area (Å²) in [6.07, 6.45) is 0.497. The molecule has 1 aliphatic rings. The highest BCUT2D eigenvalue weighted by Gasteiger charge is 2.26. The number of benzene rings is 1. The van der Waals surface area contributed by atoms with Crippen LogP contribution in [0.15, 0.2) is 24.3 Å². The van der Waals surface area contributed by atoms with Crippen LogP contribution in [0.5, 0.6) is 11.6 Å². The number of hydrogen-bond acceptors (Lipinski definition) is 5. The van der Waals surface area contributed by atoms with Gasteiger partial charge in [-0.2, -0.15) is 0 Å². The van der Waals surface area contributed by atoms with Gasteiger partial charge in [0.05, 0.1) is 12.8 Å². The van der Waals surface area contributed by atoms with Crippen molar-refractivity contribution in [3.8, 4) is 22.9 Å². The molecular weight excluding hydrogens is 261 g/mol. The van der Waals surface area contributed by atoms with E-state index in [2.05, 4.69) is 10.2 Å². The third kappa shape index (κ3) is 2.18. The Bertz CT molecular complexity index is 631. The SMILES string of the molecule is COc1ccc(-c2cc(F)cc3c2O[C@@H](CN)C3)nn1. The first kappa shape index (κ1) is 12.8. The lowest BCUT2D eigenvalue weighted by atomic mass is 10.0. The van der Waals surface area contributed by atoms with E-state index in [0.29, 0.717) is 35.9 Å². The van der Waals surface area contributed by atoms with Crippen molar-refractivity contribution in [1.29, 1.82) is 0 Å². The summed E-state index contributed by atoms with van der Waals surface area (Å²) in [6.45, 7) is 0.393. The van der Waals surface area contributed by atoms with Crippen molar-refractivity contribution in [2.24, 2.45) is 5.73 Å². The molecule has 3 rings (SSSR count). The largest absolute Gasteiger partial charge is 0.488 e. The summed E-state index contributed by atoms with van der Waals surface area (Å²) in [7, 11) is 1.51. The number of nitrogens with two attached hydrogens (primary N) is 1. The summed E-state index contributed by atoms with van der Waals surface area (Å²) < 4.78 is 24.4.